The Labute approximate surface area is 147 Å². The van der Waals surface area contributed by atoms with Gasteiger partial charge in [-0.05, 0) is 56.2 Å². The molecule has 0 aliphatic carbocycles. The molecule has 124 valence electrons. The number of carbonyl (C=O) groups is 1. The number of aromatic nitrogens is 1. The molecule has 5 heteroatoms. The Morgan fingerprint density at radius 1 is 1.29 bits per heavy atom. The molecule has 0 spiro atoms. The number of nitrogens with zero attached hydrogens (tertiary/aromatic N) is 3. The van der Waals surface area contributed by atoms with Gasteiger partial charge in [0, 0.05) is 36.2 Å². The van der Waals surface area contributed by atoms with Crippen molar-refractivity contribution in [3.8, 4) is 11.8 Å². The van der Waals surface area contributed by atoms with E-state index < -0.39 is 0 Å². The number of amides is 1. The van der Waals surface area contributed by atoms with Crippen molar-refractivity contribution in [3.05, 3.63) is 57.4 Å². The number of nitriles is 1. The summed E-state index contributed by atoms with van der Waals surface area (Å²) < 4.78 is 2.09. The highest BCUT2D eigenvalue weighted by Crippen LogP contribution is 2.28. The maximum absolute atomic E-state index is 12.1. The third-order valence-corrected chi connectivity index (χ3v) is 4.42. The first-order valence-electron chi connectivity index (χ1n) is 7.55. The van der Waals surface area contributed by atoms with E-state index in [-0.39, 0.29) is 11.5 Å². The number of benzene rings is 1. The fraction of sp³-hybridized carbons (Fsp3) is 0.263. The van der Waals surface area contributed by atoms with E-state index in [4.69, 9.17) is 11.6 Å². The minimum absolute atomic E-state index is 0.114. The smallest absolute Gasteiger partial charge is 0.264 e. The molecule has 1 aromatic heterocycles. The number of rotatable bonds is 3. The lowest BCUT2D eigenvalue weighted by Gasteiger charge is -2.14. The van der Waals surface area contributed by atoms with Crippen LogP contribution in [0.4, 0.5) is 0 Å². The van der Waals surface area contributed by atoms with Crippen molar-refractivity contribution in [2.75, 3.05) is 14.1 Å². The molecule has 4 nitrogen and oxygen atoms in total. The average Bonchev–Trinajstić information content (AvgIpc) is 2.81. The molecule has 0 aliphatic heterocycles. The molecule has 0 radical (unpaired) electrons. The van der Waals surface area contributed by atoms with Gasteiger partial charge in [0.25, 0.3) is 5.91 Å². The van der Waals surface area contributed by atoms with Crippen molar-refractivity contribution in [2.45, 2.75) is 20.8 Å². The normalized spacial score (nSPS) is 11.3. The molecular weight excluding hydrogens is 322 g/mol. The average molecular weight is 342 g/mol. The summed E-state index contributed by atoms with van der Waals surface area (Å²) >= 11 is 6.24. The van der Waals surface area contributed by atoms with Crippen LogP contribution in [-0.2, 0) is 4.79 Å². The fourth-order valence-corrected chi connectivity index (χ4v) is 2.85. The van der Waals surface area contributed by atoms with E-state index in [0.717, 1.165) is 28.2 Å². The van der Waals surface area contributed by atoms with E-state index >= 15 is 0 Å². The predicted molar refractivity (Wildman–Crippen MR) is 97.3 cm³/mol. The molecule has 0 N–H and O–H groups in total. The van der Waals surface area contributed by atoms with Gasteiger partial charge in [0.15, 0.2) is 0 Å². The van der Waals surface area contributed by atoms with Gasteiger partial charge >= 0.3 is 0 Å². The highest BCUT2D eigenvalue weighted by atomic mass is 35.5. The van der Waals surface area contributed by atoms with Gasteiger partial charge in [0.05, 0.1) is 0 Å². The van der Waals surface area contributed by atoms with Crippen molar-refractivity contribution in [1.82, 2.24) is 9.47 Å². The summed E-state index contributed by atoms with van der Waals surface area (Å²) in [7, 11) is 3.26. The number of likely N-dealkylation sites (N-methyl/N-ethyl adjacent to an activating group) is 1. The van der Waals surface area contributed by atoms with Gasteiger partial charge in [-0.25, -0.2) is 0 Å². The number of carbonyl (C=O) groups excluding carboxylic acids is 1. The first kappa shape index (κ1) is 17.8. The maximum atomic E-state index is 12.1. The SMILES string of the molecule is Cc1c(Cl)cccc1-n1c(C)cc(/C=C(/C#N)C(=O)N(C)C)c1C. The Hall–Kier alpha value is -2.51. The Bertz CT molecular complexity index is 869. The molecule has 0 bridgehead atoms. The second-order valence-corrected chi connectivity index (χ2v) is 6.32. The van der Waals surface area contributed by atoms with Crippen LogP contribution in [0, 0.1) is 32.1 Å². The van der Waals surface area contributed by atoms with Gasteiger partial charge in [-0.3, -0.25) is 4.79 Å². The topological polar surface area (TPSA) is 49.0 Å². The summed E-state index contributed by atoms with van der Waals surface area (Å²) in [4.78, 5) is 13.5. The van der Waals surface area contributed by atoms with Crippen LogP contribution in [0.15, 0.2) is 29.8 Å². The Morgan fingerprint density at radius 2 is 1.96 bits per heavy atom. The number of hydrogen-bond acceptors (Lipinski definition) is 2. The third-order valence-electron chi connectivity index (χ3n) is 4.01. The van der Waals surface area contributed by atoms with Crippen molar-refractivity contribution < 1.29 is 4.79 Å². The van der Waals surface area contributed by atoms with Gasteiger partial charge < -0.3 is 9.47 Å². The van der Waals surface area contributed by atoms with Crippen LogP contribution in [-0.4, -0.2) is 29.5 Å². The fourth-order valence-electron chi connectivity index (χ4n) is 2.68. The second-order valence-electron chi connectivity index (χ2n) is 5.92. The monoisotopic (exact) mass is 341 g/mol. The summed E-state index contributed by atoms with van der Waals surface area (Å²) in [6.45, 7) is 5.93. The maximum Gasteiger partial charge on any atom is 0.264 e. The molecule has 0 saturated carbocycles. The lowest BCUT2D eigenvalue weighted by molar-refractivity contribution is -0.124. The Kier molecular flexibility index (Phi) is 5.16. The summed E-state index contributed by atoms with van der Waals surface area (Å²) in [6, 6.07) is 9.73. The highest BCUT2D eigenvalue weighted by molar-refractivity contribution is 6.31. The number of aryl methyl sites for hydroxylation is 1. The molecule has 0 unspecified atom stereocenters. The highest BCUT2D eigenvalue weighted by Gasteiger charge is 2.16. The molecule has 0 fully saturated rings. The van der Waals surface area contributed by atoms with E-state index in [1.807, 2.05) is 51.1 Å². The Morgan fingerprint density at radius 3 is 2.54 bits per heavy atom. The van der Waals surface area contributed by atoms with Crippen LogP contribution in [0.3, 0.4) is 0 Å². The van der Waals surface area contributed by atoms with Gasteiger partial charge in [-0.15, -0.1) is 0 Å². The molecular formula is C19H20ClN3O. The van der Waals surface area contributed by atoms with E-state index in [9.17, 15) is 10.1 Å². The summed E-state index contributed by atoms with van der Waals surface area (Å²) in [5.41, 5.74) is 4.91. The van der Waals surface area contributed by atoms with E-state index in [1.165, 1.54) is 4.90 Å². The molecule has 2 rings (SSSR count). The quantitative estimate of drug-likeness (QED) is 0.624. The van der Waals surface area contributed by atoms with Gasteiger partial charge in [0.2, 0.25) is 0 Å². The van der Waals surface area contributed by atoms with Crippen molar-refractivity contribution >= 4 is 23.6 Å². The van der Waals surface area contributed by atoms with Crippen LogP contribution >= 0.6 is 11.6 Å². The molecule has 1 heterocycles. The summed E-state index contributed by atoms with van der Waals surface area (Å²) in [5.74, 6) is -0.304. The standard InChI is InChI=1S/C19H20ClN3O/c1-12-9-15(10-16(11-21)19(24)22(4)5)14(3)23(12)18-8-6-7-17(20)13(18)2/h6-10H,1-5H3/b16-10-. The van der Waals surface area contributed by atoms with Gasteiger partial charge in [0.1, 0.15) is 11.6 Å². The number of halogens is 1. The Balaban J connectivity index is 2.60. The molecule has 2 aromatic rings. The predicted octanol–water partition coefficient (Wildman–Crippen LogP) is 4.05. The minimum atomic E-state index is -0.304. The van der Waals surface area contributed by atoms with E-state index in [2.05, 4.69) is 4.57 Å². The lowest BCUT2D eigenvalue weighted by Crippen LogP contribution is -2.22. The molecule has 24 heavy (non-hydrogen) atoms. The largest absolute Gasteiger partial charge is 0.344 e. The minimum Gasteiger partial charge on any atom is -0.344 e. The first-order chi connectivity index (χ1) is 11.3. The van der Waals surface area contributed by atoms with Crippen LogP contribution in [0.2, 0.25) is 5.02 Å². The summed E-state index contributed by atoms with van der Waals surface area (Å²) in [5, 5.41) is 9.99. The van der Waals surface area contributed by atoms with Crippen LogP contribution in [0.25, 0.3) is 11.8 Å². The van der Waals surface area contributed by atoms with Gasteiger partial charge in [-0.2, -0.15) is 5.26 Å². The molecule has 0 atom stereocenters. The molecule has 1 amide bonds. The molecule has 0 saturated heterocycles. The third kappa shape index (κ3) is 3.22. The van der Waals surface area contributed by atoms with Gasteiger partial charge in [-0.1, -0.05) is 17.7 Å². The van der Waals surface area contributed by atoms with Crippen molar-refractivity contribution in [2.24, 2.45) is 0 Å². The zero-order valence-electron chi connectivity index (χ0n) is 14.5. The zero-order chi connectivity index (χ0) is 18.0. The zero-order valence-corrected chi connectivity index (χ0v) is 15.3. The van der Waals surface area contributed by atoms with Crippen LogP contribution in [0.5, 0.6) is 0 Å². The van der Waals surface area contributed by atoms with E-state index in [0.29, 0.717) is 5.02 Å². The second kappa shape index (κ2) is 6.94. The first-order valence-corrected chi connectivity index (χ1v) is 7.93. The van der Waals surface area contributed by atoms with E-state index in [1.54, 1.807) is 20.2 Å². The van der Waals surface area contributed by atoms with Crippen LogP contribution < -0.4 is 0 Å². The summed E-state index contributed by atoms with van der Waals surface area (Å²) in [6.07, 6.45) is 1.64. The molecule has 0 aliphatic rings. The lowest BCUT2D eigenvalue weighted by atomic mass is 10.1. The van der Waals surface area contributed by atoms with Crippen molar-refractivity contribution in [1.29, 1.82) is 5.26 Å². The van der Waals surface area contributed by atoms with Crippen molar-refractivity contribution in [3.63, 3.8) is 0 Å². The number of hydrogen-bond donors (Lipinski definition) is 0. The molecule has 1 aromatic carbocycles. The van der Waals surface area contributed by atoms with Crippen LogP contribution in [0.1, 0.15) is 22.5 Å².